The second-order valence-corrected chi connectivity index (χ2v) is 4.35. The monoisotopic (exact) mass is 198 g/mol. The fourth-order valence-electron chi connectivity index (χ4n) is 3.36. The average molecular weight is 198 g/mol. The van der Waals surface area contributed by atoms with Crippen molar-refractivity contribution >= 4 is 11.9 Å². The van der Waals surface area contributed by atoms with Gasteiger partial charge in [-0.05, 0) is 6.42 Å². The third-order valence-corrected chi connectivity index (χ3v) is 3.86. The van der Waals surface area contributed by atoms with E-state index in [4.69, 9.17) is 9.84 Å². The summed E-state index contributed by atoms with van der Waals surface area (Å²) in [5.74, 6) is -3.03. The van der Waals surface area contributed by atoms with Crippen molar-refractivity contribution in [2.45, 2.75) is 18.6 Å². The molecule has 3 aliphatic rings. The Morgan fingerprint density at radius 3 is 2.79 bits per heavy atom. The molecule has 0 radical (unpaired) electrons. The second kappa shape index (κ2) is 2.28. The van der Waals surface area contributed by atoms with E-state index < -0.39 is 36.0 Å². The van der Waals surface area contributed by atoms with Gasteiger partial charge in [-0.3, -0.25) is 9.59 Å². The number of hydrogen-bond donors (Lipinski definition) is 2. The summed E-state index contributed by atoms with van der Waals surface area (Å²) in [5, 5.41) is 18.7. The summed E-state index contributed by atoms with van der Waals surface area (Å²) in [5.41, 5.74) is 0. The summed E-state index contributed by atoms with van der Waals surface area (Å²) in [6, 6.07) is 0. The number of aliphatic carboxylic acids is 1. The molecule has 1 aliphatic heterocycles. The summed E-state index contributed by atoms with van der Waals surface area (Å²) in [6.45, 7) is 0. The van der Waals surface area contributed by atoms with Gasteiger partial charge in [0.05, 0.1) is 17.9 Å². The Balaban J connectivity index is 2.04. The van der Waals surface area contributed by atoms with Gasteiger partial charge >= 0.3 is 11.9 Å². The van der Waals surface area contributed by atoms with Crippen molar-refractivity contribution in [2.75, 3.05) is 0 Å². The fraction of sp³-hybridized carbons (Fsp3) is 0.778. The summed E-state index contributed by atoms with van der Waals surface area (Å²) in [7, 11) is 0. The highest BCUT2D eigenvalue weighted by molar-refractivity contribution is 5.85. The molecule has 76 valence electrons. The minimum absolute atomic E-state index is 0.0661. The van der Waals surface area contributed by atoms with Crippen LogP contribution in [0.2, 0.25) is 0 Å². The van der Waals surface area contributed by atoms with Crippen molar-refractivity contribution in [3.8, 4) is 0 Å². The molecule has 2 N–H and O–H groups in total. The standard InChI is InChI=1S/C9H10O5/c10-6-2-1-3-5(4(2)8(11)12)9(13)14-7(3)6/h2-7,10H,1H2,(H,11,12)/t2-,3-,4+,5+,6-,7-/m0/s1. The van der Waals surface area contributed by atoms with Crippen LogP contribution in [0.5, 0.6) is 0 Å². The zero-order valence-electron chi connectivity index (χ0n) is 7.29. The molecule has 3 rings (SSSR count). The summed E-state index contributed by atoms with van der Waals surface area (Å²) < 4.78 is 4.98. The number of ether oxygens (including phenoxy) is 1. The molecule has 0 unspecified atom stereocenters. The molecular formula is C9H10O5. The molecule has 14 heavy (non-hydrogen) atoms. The number of carboxylic acid groups (broad SMARTS) is 1. The minimum atomic E-state index is -0.987. The van der Waals surface area contributed by atoms with E-state index in [2.05, 4.69) is 0 Å². The van der Waals surface area contributed by atoms with Crippen LogP contribution in [0.4, 0.5) is 0 Å². The van der Waals surface area contributed by atoms with Crippen LogP contribution in [0.25, 0.3) is 0 Å². The quantitative estimate of drug-likeness (QED) is 0.541. The number of carboxylic acids is 1. The van der Waals surface area contributed by atoms with E-state index in [9.17, 15) is 14.7 Å². The lowest BCUT2D eigenvalue weighted by Gasteiger charge is -2.25. The number of carbonyl (C=O) groups excluding carboxylic acids is 1. The molecule has 2 bridgehead atoms. The maximum atomic E-state index is 11.4. The molecule has 0 amide bonds. The van der Waals surface area contributed by atoms with Gasteiger partial charge in [-0.2, -0.15) is 0 Å². The number of carbonyl (C=O) groups is 2. The Morgan fingerprint density at radius 2 is 2.14 bits per heavy atom. The van der Waals surface area contributed by atoms with Gasteiger partial charge in [0.1, 0.15) is 6.10 Å². The highest BCUT2D eigenvalue weighted by Gasteiger charge is 2.68. The van der Waals surface area contributed by atoms with Gasteiger partial charge in [0.15, 0.2) is 0 Å². The number of hydrogen-bond acceptors (Lipinski definition) is 4. The van der Waals surface area contributed by atoms with Crippen molar-refractivity contribution in [1.82, 2.24) is 0 Å². The summed E-state index contributed by atoms with van der Waals surface area (Å²) in [4.78, 5) is 22.3. The van der Waals surface area contributed by atoms with Gasteiger partial charge in [0.25, 0.3) is 0 Å². The van der Waals surface area contributed by atoms with Crippen LogP contribution in [0.15, 0.2) is 0 Å². The molecule has 0 spiro atoms. The molecule has 5 nitrogen and oxygen atoms in total. The van der Waals surface area contributed by atoms with E-state index in [1.165, 1.54) is 0 Å². The molecule has 6 atom stereocenters. The lowest BCUT2D eigenvalue weighted by atomic mass is 9.79. The van der Waals surface area contributed by atoms with Crippen molar-refractivity contribution in [3.05, 3.63) is 0 Å². The van der Waals surface area contributed by atoms with E-state index in [1.807, 2.05) is 0 Å². The van der Waals surface area contributed by atoms with Crippen LogP contribution >= 0.6 is 0 Å². The Labute approximate surface area is 79.7 Å². The van der Waals surface area contributed by atoms with E-state index in [-0.39, 0.29) is 11.8 Å². The number of aliphatic hydroxyl groups excluding tert-OH is 1. The van der Waals surface area contributed by atoms with Crippen LogP contribution in [0.1, 0.15) is 6.42 Å². The molecular weight excluding hydrogens is 188 g/mol. The third-order valence-electron chi connectivity index (χ3n) is 3.86. The lowest BCUT2D eigenvalue weighted by molar-refractivity contribution is -0.151. The zero-order chi connectivity index (χ0) is 10.0. The number of fused-ring (bicyclic) bond motifs is 1. The van der Waals surface area contributed by atoms with Crippen LogP contribution in [-0.2, 0) is 14.3 Å². The average Bonchev–Trinajstić information content (AvgIpc) is 2.67. The Hall–Kier alpha value is -1.10. The predicted octanol–water partition coefficient (Wildman–Crippen LogP) is -0.761. The Morgan fingerprint density at radius 1 is 1.43 bits per heavy atom. The smallest absolute Gasteiger partial charge is 0.310 e. The van der Waals surface area contributed by atoms with Gasteiger partial charge in [0.2, 0.25) is 0 Å². The van der Waals surface area contributed by atoms with Crippen molar-refractivity contribution < 1.29 is 24.5 Å². The minimum Gasteiger partial charge on any atom is -0.481 e. The first-order valence-electron chi connectivity index (χ1n) is 4.72. The van der Waals surface area contributed by atoms with Crippen LogP contribution in [-0.4, -0.2) is 34.4 Å². The second-order valence-electron chi connectivity index (χ2n) is 4.35. The molecule has 0 aromatic carbocycles. The summed E-state index contributed by atoms with van der Waals surface area (Å²) >= 11 is 0. The van der Waals surface area contributed by atoms with E-state index in [1.54, 1.807) is 0 Å². The van der Waals surface area contributed by atoms with Crippen LogP contribution in [0, 0.1) is 23.7 Å². The molecule has 1 heterocycles. The zero-order valence-corrected chi connectivity index (χ0v) is 7.29. The lowest BCUT2D eigenvalue weighted by Crippen LogP contribution is -2.40. The van der Waals surface area contributed by atoms with Gasteiger partial charge in [0, 0.05) is 11.8 Å². The number of rotatable bonds is 1. The van der Waals surface area contributed by atoms with E-state index in [0.717, 1.165) is 0 Å². The predicted molar refractivity (Wildman–Crippen MR) is 42.1 cm³/mol. The molecule has 3 fully saturated rings. The first-order valence-corrected chi connectivity index (χ1v) is 4.72. The molecule has 2 aliphatic carbocycles. The van der Waals surface area contributed by atoms with Crippen molar-refractivity contribution in [3.63, 3.8) is 0 Å². The Bertz CT molecular complexity index is 325. The summed E-state index contributed by atoms with van der Waals surface area (Å²) in [6.07, 6.45) is -0.601. The van der Waals surface area contributed by atoms with Crippen LogP contribution < -0.4 is 0 Å². The number of esters is 1. The first-order chi connectivity index (χ1) is 6.61. The van der Waals surface area contributed by atoms with E-state index >= 15 is 0 Å². The molecule has 0 aromatic rings. The molecule has 5 heteroatoms. The maximum Gasteiger partial charge on any atom is 0.310 e. The van der Waals surface area contributed by atoms with Gasteiger partial charge in [-0.15, -0.1) is 0 Å². The first kappa shape index (κ1) is 8.23. The Kier molecular flexibility index (Phi) is 1.34. The fourth-order valence-corrected chi connectivity index (χ4v) is 3.36. The van der Waals surface area contributed by atoms with E-state index in [0.29, 0.717) is 6.42 Å². The topological polar surface area (TPSA) is 83.8 Å². The molecule has 1 saturated heterocycles. The maximum absolute atomic E-state index is 11.4. The van der Waals surface area contributed by atoms with Crippen molar-refractivity contribution in [2.24, 2.45) is 23.7 Å². The largest absolute Gasteiger partial charge is 0.481 e. The van der Waals surface area contributed by atoms with Gasteiger partial charge < -0.3 is 14.9 Å². The molecule has 0 aromatic heterocycles. The third kappa shape index (κ3) is 0.706. The van der Waals surface area contributed by atoms with Gasteiger partial charge in [-0.1, -0.05) is 0 Å². The van der Waals surface area contributed by atoms with Gasteiger partial charge in [-0.25, -0.2) is 0 Å². The highest BCUT2D eigenvalue weighted by Crippen LogP contribution is 2.57. The SMILES string of the molecule is O=C(O)[C@@H]1[C@@H]2C[C@@H]3[C@H](OC(=O)[C@H]31)[C@H]2O. The number of aliphatic hydroxyl groups is 1. The highest BCUT2D eigenvalue weighted by atomic mass is 16.6. The van der Waals surface area contributed by atoms with Crippen molar-refractivity contribution in [1.29, 1.82) is 0 Å². The molecule has 2 saturated carbocycles. The normalized spacial score (nSPS) is 53.6. The van der Waals surface area contributed by atoms with Crippen LogP contribution in [0.3, 0.4) is 0 Å².